The van der Waals surface area contributed by atoms with Crippen LogP contribution in [0.1, 0.15) is 35.8 Å². The van der Waals surface area contributed by atoms with Crippen LogP contribution in [-0.2, 0) is 20.7 Å². The normalized spacial score (nSPS) is 11.8. The molecule has 1 heterocycles. The molecule has 1 amide bonds. The Morgan fingerprint density at radius 2 is 1.86 bits per heavy atom. The number of H-pyrrole nitrogens is 1. The van der Waals surface area contributed by atoms with Crippen LogP contribution in [0.4, 0.5) is 0 Å². The number of aryl methyl sites for hydroxylation is 2. The van der Waals surface area contributed by atoms with Crippen LogP contribution < -0.4 is 10.9 Å². The third-order valence-corrected chi connectivity index (χ3v) is 4.66. The lowest BCUT2D eigenvalue weighted by molar-refractivity contribution is -0.141. The third-order valence-electron chi connectivity index (χ3n) is 4.66. The second kappa shape index (κ2) is 9.14. The summed E-state index contributed by atoms with van der Waals surface area (Å²) in [5.41, 5.74) is 2.28. The number of carbonyl (C=O) groups is 2. The summed E-state index contributed by atoms with van der Waals surface area (Å²) in [6.45, 7) is 1.97. The molecule has 0 radical (unpaired) electrons. The van der Waals surface area contributed by atoms with Crippen LogP contribution in [0.15, 0.2) is 53.3 Å². The highest BCUT2D eigenvalue weighted by Crippen LogP contribution is 2.18. The van der Waals surface area contributed by atoms with Gasteiger partial charge in [0.1, 0.15) is 5.82 Å². The first-order valence-corrected chi connectivity index (χ1v) is 9.37. The van der Waals surface area contributed by atoms with Gasteiger partial charge in [-0.1, -0.05) is 42.0 Å². The van der Waals surface area contributed by atoms with E-state index in [0.717, 1.165) is 11.1 Å². The SMILES string of the molecule is COC(=O)C[C@H](NC(=O)CCc1nc2ccccc2c(=O)[nH]1)c1ccc(C)cc1. The van der Waals surface area contributed by atoms with Crippen LogP contribution in [0, 0.1) is 6.92 Å². The molecular formula is C22H23N3O4. The van der Waals surface area contributed by atoms with Crippen LogP contribution in [0.3, 0.4) is 0 Å². The van der Waals surface area contributed by atoms with Crippen LogP contribution in [0.2, 0.25) is 0 Å². The van der Waals surface area contributed by atoms with Gasteiger partial charge in [0.05, 0.1) is 30.5 Å². The molecule has 0 bridgehead atoms. The fraction of sp³-hybridized carbons (Fsp3) is 0.273. The van der Waals surface area contributed by atoms with Crippen molar-refractivity contribution in [3.8, 4) is 0 Å². The molecular weight excluding hydrogens is 370 g/mol. The van der Waals surface area contributed by atoms with Crippen LogP contribution in [0.5, 0.6) is 0 Å². The number of aromatic amines is 1. The predicted octanol–water partition coefficient (Wildman–Crippen LogP) is 2.58. The highest BCUT2D eigenvalue weighted by molar-refractivity contribution is 5.79. The Balaban J connectivity index is 1.69. The van der Waals surface area contributed by atoms with Gasteiger partial charge in [-0.25, -0.2) is 4.98 Å². The lowest BCUT2D eigenvalue weighted by Crippen LogP contribution is -2.31. The van der Waals surface area contributed by atoms with E-state index in [-0.39, 0.29) is 30.7 Å². The van der Waals surface area contributed by atoms with Crippen molar-refractivity contribution in [2.45, 2.75) is 32.2 Å². The molecule has 3 aromatic rings. The van der Waals surface area contributed by atoms with Gasteiger partial charge in [-0.2, -0.15) is 0 Å². The van der Waals surface area contributed by atoms with Crippen molar-refractivity contribution >= 4 is 22.8 Å². The van der Waals surface area contributed by atoms with E-state index in [1.807, 2.05) is 37.3 Å². The molecule has 2 aromatic carbocycles. The number of amides is 1. The van der Waals surface area contributed by atoms with Gasteiger partial charge in [0.25, 0.3) is 5.56 Å². The fourth-order valence-corrected chi connectivity index (χ4v) is 3.05. The molecule has 7 nitrogen and oxygen atoms in total. The summed E-state index contributed by atoms with van der Waals surface area (Å²) in [6.07, 6.45) is 0.450. The Labute approximate surface area is 168 Å². The molecule has 0 spiro atoms. The van der Waals surface area contributed by atoms with Gasteiger partial charge in [0.2, 0.25) is 5.91 Å². The first-order chi connectivity index (χ1) is 14.0. The summed E-state index contributed by atoms with van der Waals surface area (Å²) >= 11 is 0. The zero-order valence-corrected chi connectivity index (χ0v) is 16.4. The Hall–Kier alpha value is -3.48. The highest BCUT2D eigenvalue weighted by atomic mass is 16.5. The summed E-state index contributed by atoms with van der Waals surface area (Å²) in [6, 6.07) is 14.2. The zero-order valence-electron chi connectivity index (χ0n) is 16.4. The summed E-state index contributed by atoms with van der Waals surface area (Å²) < 4.78 is 4.75. The molecule has 1 aromatic heterocycles. The van der Waals surface area contributed by atoms with Crippen molar-refractivity contribution in [1.82, 2.24) is 15.3 Å². The molecule has 3 rings (SSSR count). The number of carbonyl (C=O) groups excluding carboxylic acids is 2. The summed E-state index contributed by atoms with van der Waals surface area (Å²) in [5, 5.41) is 3.39. The molecule has 0 unspecified atom stereocenters. The van der Waals surface area contributed by atoms with Crippen molar-refractivity contribution in [2.75, 3.05) is 7.11 Å². The minimum Gasteiger partial charge on any atom is -0.469 e. The molecule has 150 valence electrons. The molecule has 0 saturated heterocycles. The largest absolute Gasteiger partial charge is 0.469 e. The van der Waals surface area contributed by atoms with Crippen LogP contribution >= 0.6 is 0 Å². The predicted molar refractivity (Wildman–Crippen MR) is 109 cm³/mol. The van der Waals surface area contributed by atoms with Crippen molar-refractivity contribution in [3.05, 3.63) is 75.8 Å². The summed E-state index contributed by atoms with van der Waals surface area (Å²) in [7, 11) is 1.32. The second-order valence-electron chi connectivity index (χ2n) is 6.84. The Morgan fingerprint density at radius 3 is 2.59 bits per heavy atom. The Kier molecular flexibility index (Phi) is 6.39. The number of para-hydroxylation sites is 1. The number of nitrogens with one attached hydrogen (secondary N) is 2. The van der Waals surface area contributed by atoms with E-state index >= 15 is 0 Å². The maximum Gasteiger partial charge on any atom is 0.307 e. The monoisotopic (exact) mass is 393 g/mol. The minimum atomic E-state index is -0.487. The second-order valence-corrected chi connectivity index (χ2v) is 6.84. The van der Waals surface area contributed by atoms with Gasteiger partial charge < -0.3 is 15.0 Å². The van der Waals surface area contributed by atoms with E-state index < -0.39 is 12.0 Å². The Morgan fingerprint density at radius 1 is 1.14 bits per heavy atom. The number of aromatic nitrogens is 2. The van der Waals surface area contributed by atoms with Crippen molar-refractivity contribution in [2.24, 2.45) is 0 Å². The molecule has 0 saturated carbocycles. The number of hydrogen-bond donors (Lipinski definition) is 2. The van der Waals surface area contributed by atoms with Gasteiger partial charge >= 0.3 is 5.97 Å². The lowest BCUT2D eigenvalue weighted by Gasteiger charge is -2.18. The topological polar surface area (TPSA) is 101 Å². The molecule has 0 aliphatic heterocycles. The van der Waals surface area contributed by atoms with Gasteiger partial charge in [0.15, 0.2) is 0 Å². The van der Waals surface area contributed by atoms with Crippen molar-refractivity contribution in [1.29, 1.82) is 0 Å². The number of ether oxygens (including phenoxy) is 1. The molecule has 1 atom stereocenters. The van der Waals surface area contributed by atoms with E-state index in [1.165, 1.54) is 7.11 Å². The first kappa shape index (κ1) is 20.3. The molecule has 0 aliphatic carbocycles. The van der Waals surface area contributed by atoms with E-state index in [1.54, 1.807) is 18.2 Å². The number of esters is 1. The van der Waals surface area contributed by atoms with E-state index in [2.05, 4.69) is 15.3 Å². The average Bonchev–Trinajstić information content (AvgIpc) is 2.72. The number of rotatable bonds is 7. The maximum absolute atomic E-state index is 12.5. The van der Waals surface area contributed by atoms with Crippen LogP contribution in [0.25, 0.3) is 10.9 Å². The van der Waals surface area contributed by atoms with Gasteiger partial charge in [0, 0.05) is 12.8 Å². The van der Waals surface area contributed by atoms with Crippen molar-refractivity contribution in [3.63, 3.8) is 0 Å². The molecule has 2 N–H and O–H groups in total. The maximum atomic E-state index is 12.5. The lowest BCUT2D eigenvalue weighted by atomic mass is 10.0. The first-order valence-electron chi connectivity index (χ1n) is 9.37. The van der Waals surface area contributed by atoms with Crippen LogP contribution in [-0.4, -0.2) is 29.0 Å². The molecule has 0 aliphatic rings. The highest BCUT2D eigenvalue weighted by Gasteiger charge is 2.19. The average molecular weight is 393 g/mol. The molecule has 29 heavy (non-hydrogen) atoms. The zero-order chi connectivity index (χ0) is 20.8. The quantitative estimate of drug-likeness (QED) is 0.601. The minimum absolute atomic E-state index is 0.0381. The van der Waals surface area contributed by atoms with E-state index in [0.29, 0.717) is 16.7 Å². The fourth-order valence-electron chi connectivity index (χ4n) is 3.05. The third kappa shape index (κ3) is 5.28. The number of hydrogen-bond acceptors (Lipinski definition) is 5. The number of methoxy groups -OCH3 is 1. The van der Waals surface area contributed by atoms with E-state index in [9.17, 15) is 14.4 Å². The van der Waals surface area contributed by atoms with Gasteiger partial charge in [-0.3, -0.25) is 14.4 Å². The van der Waals surface area contributed by atoms with E-state index in [4.69, 9.17) is 4.74 Å². The van der Waals surface area contributed by atoms with Crippen molar-refractivity contribution < 1.29 is 14.3 Å². The Bertz CT molecular complexity index is 1070. The number of benzene rings is 2. The number of nitrogens with zero attached hydrogens (tertiary/aromatic N) is 1. The standard InChI is InChI=1S/C22H23N3O4/c1-14-7-9-15(10-8-14)18(13-21(27)29-2)24-20(26)12-11-19-23-17-6-4-3-5-16(17)22(28)25-19/h3-10,18H,11-13H2,1-2H3,(H,24,26)(H,23,25,28)/t18-/m0/s1. The smallest absolute Gasteiger partial charge is 0.307 e. The van der Waals surface area contributed by atoms with Gasteiger partial charge in [-0.05, 0) is 24.6 Å². The summed E-state index contributed by atoms with van der Waals surface area (Å²) in [4.78, 5) is 43.5. The van der Waals surface area contributed by atoms with Gasteiger partial charge in [-0.15, -0.1) is 0 Å². The summed E-state index contributed by atoms with van der Waals surface area (Å²) in [5.74, 6) is -0.199. The number of fused-ring (bicyclic) bond motifs is 1. The molecule has 7 heteroatoms. The molecule has 0 fully saturated rings.